The second kappa shape index (κ2) is 9.73. The van der Waals surface area contributed by atoms with Crippen LogP contribution in [0.25, 0.3) is 0 Å². The van der Waals surface area contributed by atoms with Crippen LogP contribution < -0.4 is 9.62 Å². The molecule has 0 radical (unpaired) electrons. The minimum absolute atomic E-state index is 0.0513. The number of carbonyl (C=O) groups is 1. The van der Waals surface area contributed by atoms with Gasteiger partial charge in [0.25, 0.3) is 10.0 Å². The zero-order valence-electron chi connectivity index (χ0n) is 15.3. The van der Waals surface area contributed by atoms with Gasteiger partial charge in [0.15, 0.2) is 0 Å². The molecule has 2 aromatic carbocycles. The van der Waals surface area contributed by atoms with E-state index in [-0.39, 0.29) is 28.8 Å². The molecule has 0 aromatic heterocycles. The molecule has 0 spiro atoms. The lowest BCUT2D eigenvalue weighted by Gasteiger charge is -2.23. The topological polar surface area (TPSA) is 75.7 Å². The molecular weight excluding hydrogens is 388 g/mol. The van der Waals surface area contributed by atoms with Crippen LogP contribution in [0.2, 0.25) is 5.02 Å². The second-order valence-electron chi connectivity index (χ2n) is 5.80. The molecule has 0 heterocycles. The molecule has 146 valence electrons. The van der Waals surface area contributed by atoms with Gasteiger partial charge in [-0.25, -0.2) is 8.42 Å². The van der Waals surface area contributed by atoms with E-state index in [2.05, 4.69) is 5.32 Å². The Morgan fingerprint density at radius 1 is 1.19 bits per heavy atom. The fourth-order valence-corrected chi connectivity index (χ4v) is 4.56. The van der Waals surface area contributed by atoms with Gasteiger partial charge in [0.2, 0.25) is 5.91 Å². The summed E-state index contributed by atoms with van der Waals surface area (Å²) in [5.41, 5.74) is 0.926. The lowest BCUT2D eigenvalue weighted by molar-refractivity contribution is -0.116. The second-order valence-corrected chi connectivity index (χ2v) is 8.03. The molecule has 1 amide bonds. The summed E-state index contributed by atoms with van der Waals surface area (Å²) < 4.78 is 32.5. The van der Waals surface area contributed by atoms with Gasteiger partial charge in [-0.3, -0.25) is 9.10 Å². The van der Waals surface area contributed by atoms with Crippen LogP contribution in [0, 0.1) is 0 Å². The van der Waals surface area contributed by atoms with E-state index in [1.165, 1.54) is 16.4 Å². The fraction of sp³-hybridized carbons (Fsp3) is 0.316. The Morgan fingerprint density at radius 3 is 2.52 bits per heavy atom. The van der Waals surface area contributed by atoms with Gasteiger partial charge in [-0.1, -0.05) is 29.8 Å². The normalized spacial score (nSPS) is 11.2. The van der Waals surface area contributed by atoms with Crippen LogP contribution in [0.15, 0.2) is 53.4 Å². The van der Waals surface area contributed by atoms with Gasteiger partial charge in [0.1, 0.15) is 4.90 Å². The maximum Gasteiger partial charge on any atom is 0.265 e. The summed E-state index contributed by atoms with van der Waals surface area (Å²) >= 11 is 6.17. The highest BCUT2D eigenvalue weighted by Gasteiger charge is 2.26. The van der Waals surface area contributed by atoms with E-state index >= 15 is 0 Å². The van der Waals surface area contributed by atoms with Gasteiger partial charge in [0.05, 0.1) is 10.7 Å². The maximum atomic E-state index is 13.1. The summed E-state index contributed by atoms with van der Waals surface area (Å²) in [6.45, 7) is 2.48. The zero-order chi connectivity index (χ0) is 19.9. The molecular formula is C19H23ClN2O4S. The smallest absolute Gasteiger partial charge is 0.265 e. The molecule has 0 fully saturated rings. The number of nitrogens with zero attached hydrogens (tertiary/aromatic N) is 1. The van der Waals surface area contributed by atoms with Crippen LogP contribution >= 0.6 is 11.6 Å². The number of ether oxygens (including phenoxy) is 1. The third kappa shape index (κ3) is 5.45. The Labute approximate surface area is 165 Å². The summed E-state index contributed by atoms with van der Waals surface area (Å²) in [6, 6.07) is 13.2. The Bertz CT molecular complexity index is 873. The van der Waals surface area contributed by atoms with Crippen molar-refractivity contribution >= 4 is 38.9 Å². The molecule has 27 heavy (non-hydrogen) atoms. The SMILES string of the molecule is CCN(c1ccccc1)S(=O)(=O)c1cc(NC(=O)CCCOC)ccc1Cl. The minimum atomic E-state index is -3.88. The Hall–Kier alpha value is -2.09. The van der Waals surface area contributed by atoms with E-state index < -0.39 is 10.0 Å². The van der Waals surface area contributed by atoms with E-state index in [4.69, 9.17) is 16.3 Å². The number of rotatable bonds is 9. The number of hydrogen-bond acceptors (Lipinski definition) is 4. The summed E-state index contributed by atoms with van der Waals surface area (Å²) in [5, 5.41) is 2.80. The first kappa shape index (κ1) is 21.2. The number of halogens is 1. The first-order valence-electron chi connectivity index (χ1n) is 8.56. The Morgan fingerprint density at radius 2 is 1.89 bits per heavy atom. The Balaban J connectivity index is 2.29. The van der Waals surface area contributed by atoms with E-state index in [9.17, 15) is 13.2 Å². The number of hydrogen-bond donors (Lipinski definition) is 1. The molecule has 0 unspecified atom stereocenters. The van der Waals surface area contributed by atoms with Crippen molar-refractivity contribution in [2.75, 3.05) is 29.9 Å². The molecule has 2 rings (SSSR count). The first-order valence-corrected chi connectivity index (χ1v) is 10.4. The Kier molecular flexibility index (Phi) is 7.65. The molecule has 0 saturated carbocycles. The number of para-hydroxylation sites is 1. The van der Waals surface area contributed by atoms with Gasteiger partial charge in [-0.05, 0) is 43.7 Å². The highest BCUT2D eigenvalue weighted by molar-refractivity contribution is 7.93. The van der Waals surface area contributed by atoms with Crippen molar-refractivity contribution in [2.24, 2.45) is 0 Å². The predicted octanol–water partition coefficient (Wildman–Crippen LogP) is 3.92. The summed E-state index contributed by atoms with van der Waals surface area (Å²) in [7, 11) is -2.31. The van der Waals surface area contributed by atoms with Crippen LogP contribution in [0.1, 0.15) is 19.8 Å². The highest BCUT2D eigenvalue weighted by atomic mass is 35.5. The molecule has 0 aliphatic rings. The molecule has 0 aliphatic heterocycles. The predicted molar refractivity (Wildman–Crippen MR) is 108 cm³/mol. The molecule has 2 aromatic rings. The van der Waals surface area contributed by atoms with Gasteiger partial charge < -0.3 is 10.1 Å². The number of sulfonamides is 1. The number of nitrogens with one attached hydrogen (secondary N) is 1. The van der Waals surface area contributed by atoms with Crippen LogP contribution in [-0.4, -0.2) is 34.6 Å². The van der Waals surface area contributed by atoms with Crippen LogP contribution in [0.4, 0.5) is 11.4 Å². The number of carbonyl (C=O) groups excluding carboxylic acids is 1. The molecule has 0 atom stereocenters. The van der Waals surface area contributed by atoms with E-state index in [0.717, 1.165) is 0 Å². The number of anilines is 2. The molecule has 0 aliphatic carbocycles. The quantitative estimate of drug-likeness (QED) is 0.635. The number of amides is 1. The average Bonchev–Trinajstić information content (AvgIpc) is 2.64. The zero-order valence-corrected chi connectivity index (χ0v) is 16.9. The van der Waals surface area contributed by atoms with E-state index in [1.807, 2.05) is 6.07 Å². The van der Waals surface area contributed by atoms with Crippen molar-refractivity contribution in [3.8, 4) is 0 Å². The van der Waals surface area contributed by atoms with Gasteiger partial charge in [0, 0.05) is 32.4 Å². The molecule has 6 nitrogen and oxygen atoms in total. The third-order valence-electron chi connectivity index (χ3n) is 3.87. The van der Waals surface area contributed by atoms with Crippen LogP contribution in [0.5, 0.6) is 0 Å². The highest BCUT2D eigenvalue weighted by Crippen LogP contribution is 2.30. The summed E-state index contributed by atoms with van der Waals surface area (Å²) in [6.07, 6.45) is 0.863. The number of methoxy groups -OCH3 is 1. The molecule has 8 heteroatoms. The van der Waals surface area contributed by atoms with Crippen molar-refractivity contribution in [2.45, 2.75) is 24.7 Å². The standard InChI is InChI=1S/C19H23ClN2O4S/c1-3-22(16-8-5-4-6-9-16)27(24,25)18-14-15(11-12-17(18)20)21-19(23)10-7-13-26-2/h4-6,8-9,11-12,14H,3,7,10,13H2,1-2H3,(H,21,23). The van der Waals surface area contributed by atoms with E-state index in [0.29, 0.717) is 24.4 Å². The van der Waals surface area contributed by atoms with Crippen LogP contribution in [0.3, 0.4) is 0 Å². The largest absolute Gasteiger partial charge is 0.385 e. The van der Waals surface area contributed by atoms with Crippen LogP contribution in [-0.2, 0) is 19.6 Å². The molecule has 0 bridgehead atoms. The van der Waals surface area contributed by atoms with Gasteiger partial charge in [-0.15, -0.1) is 0 Å². The van der Waals surface area contributed by atoms with Gasteiger partial charge >= 0.3 is 0 Å². The van der Waals surface area contributed by atoms with Gasteiger partial charge in [-0.2, -0.15) is 0 Å². The third-order valence-corrected chi connectivity index (χ3v) is 6.25. The maximum absolute atomic E-state index is 13.1. The minimum Gasteiger partial charge on any atom is -0.385 e. The lowest BCUT2D eigenvalue weighted by Crippen LogP contribution is -2.31. The first-order chi connectivity index (χ1) is 12.9. The summed E-state index contributed by atoms with van der Waals surface area (Å²) in [5.74, 6) is -0.215. The van der Waals surface area contributed by atoms with Crippen molar-refractivity contribution in [1.82, 2.24) is 0 Å². The molecule has 0 saturated heterocycles. The van der Waals surface area contributed by atoms with Crippen molar-refractivity contribution < 1.29 is 17.9 Å². The number of benzene rings is 2. The fourth-order valence-electron chi connectivity index (χ4n) is 2.58. The van der Waals surface area contributed by atoms with E-state index in [1.54, 1.807) is 44.4 Å². The van der Waals surface area contributed by atoms with Crippen molar-refractivity contribution in [3.63, 3.8) is 0 Å². The lowest BCUT2D eigenvalue weighted by atomic mass is 10.2. The monoisotopic (exact) mass is 410 g/mol. The summed E-state index contributed by atoms with van der Waals surface area (Å²) in [4.78, 5) is 11.9. The average molecular weight is 411 g/mol. The molecule has 1 N–H and O–H groups in total. The van der Waals surface area contributed by atoms with Crippen molar-refractivity contribution in [3.05, 3.63) is 53.6 Å². The van der Waals surface area contributed by atoms with Crippen molar-refractivity contribution in [1.29, 1.82) is 0 Å².